The number of hydrogen-bond donors (Lipinski definition) is 4. The molecule has 3 rings (SSSR count). The number of carbonyl (C=O) groups excluding carboxylic acids is 1. The van der Waals surface area contributed by atoms with Crippen LogP contribution in [0, 0.1) is 10.8 Å². The summed E-state index contributed by atoms with van der Waals surface area (Å²) in [7, 11) is 0. The highest BCUT2D eigenvalue weighted by molar-refractivity contribution is 6.05. The lowest BCUT2D eigenvalue weighted by Gasteiger charge is -2.13. The average molecular weight is 363 g/mol. The largest absolute Gasteiger partial charge is 0.464 e. The maximum absolute atomic E-state index is 11.1. The van der Waals surface area contributed by atoms with Gasteiger partial charge in [0, 0.05) is 23.7 Å². The summed E-state index contributed by atoms with van der Waals surface area (Å²) in [5, 5.41) is 17.7. The van der Waals surface area contributed by atoms with Gasteiger partial charge in [-0.1, -0.05) is 12.1 Å². The SMILES string of the molecule is CC(=O)Nc1ccc(-c2cc(-c3ccco3)c(C(=N)OC=N)c(N)n2)cc1. The number of nitrogens with zero attached hydrogens (tertiary/aromatic N) is 1. The first-order chi connectivity index (χ1) is 13.0. The molecule has 5 N–H and O–H groups in total. The highest BCUT2D eigenvalue weighted by Crippen LogP contribution is 2.32. The van der Waals surface area contributed by atoms with Crippen LogP contribution < -0.4 is 11.1 Å². The number of carbonyl (C=O) groups is 1. The minimum atomic E-state index is -0.297. The molecule has 8 nitrogen and oxygen atoms in total. The summed E-state index contributed by atoms with van der Waals surface area (Å²) in [5.74, 6) is 0.124. The summed E-state index contributed by atoms with van der Waals surface area (Å²) in [5.41, 5.74) is 8.87. The van der Waals surface area contributed by atoms with Crippen molar-refractivity contribution in [2.24, 2.45) is 0 Å². The Morgan fingerprint density at radius 2 is 2.04 bits per heavy atom. The topological polar surface area (TPSA) is 138 Å². The normalized spacial score (nSPS) is 10.3. The van der Waals surface area contributed by atoms with E-state index < -0.39 is 0 Å². The summed E-state index contributed by atoms with van der Waals surface area (Å²) in [6.45, 7) is 1.44. The van der Waals surface area contributed by atoms with Crippen molar-refractivity contribution in [1.82, 2.24) is 4.98 Å². The third-order valence-corrected chi connectivity index (χ3v) is 3.74. The van der Waals surface area contributed by atoms with Crippen molar-refractivity contribution in [3.05, 3.63) is 54.3 Å². The first-order valence-electron chi connectivity index (χ1n) is 7.96. The maximum atomic E-state index is 11.1. The predicted octanol–water partition coefficient (Wildman–Crippen LogP) is 3.50. The summed E-state index contributed by atoms with van der Waals surface area (Å²) < 4.78 is 10.3. The predicted molar refractivity (Wildman–Crippen MR) is 103 cm³/mol. The molecule has 0 spiro atoms. The van der Waals surface area contributed by atoms with Crippen LogP contribution in [0.2, 0.25) is 0 Å². The third kappa shape index (κ3) is 3.84. The van der Waals surface area contributed by atoms with Gasteiger partial charge in [0.2, 0.25) is 11.8 Å². The maximum Gasteiger partial charge on any atom is 0.225 e. The van der Waals surface area contributed by atoms with E-state index in [2.05, 4.69) is 10.3 Å². The van der Waals surface area contributed by atoms with Crippen LogP contribution in [0.25, 0.3) is 22.6 Å². The Morgan fingerprint density at radius 3 is 2.63 bits per heavy atom. The van der Waals surface area contributed by atoms with Crippen LogP contribution in [0.15, 0.2) is 53.1 Å². The van der Waals surface area contributed by atoms with Crippen LogP contribution in [0.4, 0.5) is 11.5 Å². The Bertz CT molecular complexity index is 995. The fourth-order valence-electron chi connectivity index (χ4n) is 2.62. The number of amides is 1. The molecule has 8 heteroatoms. The van der Waals surface area contributed by atoms with Gasteiger partial charge >= 0.3 is 0 Å². The lowest BCUT2D eigenvalue weighted by Crippen LogP contribution is -2.11. The van der Waals surface area contributed by atoms with E-state index in [1.807, 2.05) is 0 Å². The van der Waals surface area contributed by atoms with E-state index in [9.17, 15) is 4.79 Å². The number of nitrogens with two attached hydrogens (primary N) is 1. The van der Waals surface area contributed by atoms with Crippen LogP contribution >= 0.6 is 0 Å². The summed E-state index contributed by atoms with van der Waals surface area (Å²) in [6, 6.07) is 12.3. The van der Waals surface area contributed by atoms with Crippen LogP contribution in [-0.4, -0.2) is 23.2 Å². The summed E-state index contributed by atoms with van der Waals surface area (Å²) >= 11 is 0. The fraction of sp³-hybridized carbons (Fsp3) is 0.0526. The van der Waals surface area contributed by atoms with Crippen molar-refractivity contribution in [3.63, 3.8) is 0 Å². The standard InChI is InChI=1S/C19H17N5O3/c1-11(25)23-13-6-4-12(5-7-13)15-9-14(16-3-2-8-26-16)17(18(21)24-15)19(22)27-10-20/h2-10,20,22H,1H3,(H2,21,24)(H,23,25). The van der Waals surface area contributed by atoms with E-state index in [0.29, 0.717) is 29.1 Å². The van der Waals surface area contributed by atoms with Crippen molar-refractivity contribution in [3.8, 4) is 22.6 Å². The van der Waals surface area contributed by atoms with Gasteiger partial charge in [-0.25, -0.2) is 4.98 Å². The Hall–Kier alpha value is -3.94. The number of rotatable bonds is 5. The zero-order valence-corrected chi connectivity index (χ0v) is 14.4. The molecule has 0 saturated heterocycles. The first-order valence-corrected chi connectivity index (χ1v) is 7.96. The number of ether oxygens (including phenoxy) is 1. The van der Waals surface area contributed by atoms with Gasteiger partial charge in [0.05, 0.1) is 17.5 Å². The van der Waals surface area contributed by atoms with Crippen molar-refractivity contribution in [1.29, 1.82) is 10.8 Å². The van der Waals surface area contributed by atoms with E-state index in [1.54, 1.807) is 42.5 Å². The number of furan rings is 1. The Balaban J connectivity index is 2.09. The Labute approximate surface area is 155 Å². The van der Waals surface area contributed by atoms with Crippen molar-refractivity contribution in [2.75, 3.05) is 11.1 Å². The lowest BCUT2D eigenvalue weighted by atomic mass is 10.0. The Kier molecular flexibility index (Phi) is 4.98. The van der Waals surface area contributed by atoms with Crippen molar-refractivity contribution < 1.29 is 13.9 Å². The summed E-state index contributed by atoms with van der Waals surface area (Å²) in [4.78, 5) is 15.5. The molecule has 0 unspecified atom stereocenters. The molecule has 0 saturated carbocycles. The molecule has 3 aromatic rings. The highest BCUT2D eigenvalue weighted by Gasteiger charge is 2.20. The number of pyridine rings is 1. The monoisotopic (exact) mass is 363 g/mol. The van der Waals surface area contributed by atoms with Crippen molar-refractivity contribution in [2.45, 2.75) is 6.92 Å². The van der Waals surface area contributed by atoms with Crippen LogP contribution in [0.1, 0.15) is 12.5 Å². The number of nitrogens with one attached hydrogen (secondary N) is 3. The molecular formula is C19H17N5O3. The van der Waals surface area contributed by atoms with Crippen LogP contribution in [0.5, 0.6) is 0 Å². The van der Waals surface area contributed by atoms with E-state index in [4.69, 9.17) is 25.7 Å². The van der Waals surface area contributed by atoms with Crippen LogP contribution in [0.3, 0.4) is 0 Å². The summed E-state index contributed by atoms with van der Waals surface area (Å²) in [6.07, 6.45) is 2.17. The van der Waals surface area contributed by atoms with E-state index in [0.717, 1.165) is 5.56 Å². The molecule has 1 amide bonds. The fourth-order valence-corrected chi connectivity index (χ4v) is 2.62. The van der Waals surface area contributed by atoms with E-state index in [1.165, 1.54) is 13.2 Å². The van der Waals surface area contributed by atoms with Gasteiger partial charge in [-0.15, -0.1) is 0 Å². The molecule has 0 radical (unpaired) electrons. The zero-order chi connectivity index (χ0) is 19.4. The number of aromatic nitrogens is 1. The number of anilines is 2. The quantitative estimate of drug-likeness (QED) is 0.406. The second kappa shape index (κ2) is 7.52. The molecule has 2 heterocycles. The van der Waals surface area contributed by atoms with Gasteiger partial charge in [0.1, 0.15) is 11.6 Å². The number of nitrogen functional groups attached to an aromatic ring is 1. The first kappa shape index (κ1) is 17.9. The molecule has 2 aromatic heterocycles. The number of benzene rings is 1. The van der Waals surface area contributed by atoms with Gasteiger partial charge in [-0.3, -0.25) is 15.6 Å². The molecule has 0 aliphatic heterocycles. The third-order valence-electron chi connectivity index (χ3n) is 3.74. The second-order valence-electron chi connectivity index (χ2n) is 5.62. The van der Waals surface area contributed by atoms with Gasteiger partial charge < -0.3 is 20.2 Å². The minimum Gasteiger partial charge on any atom is -0.464 e. The van der Waals surface area contributed by atoms with Crippen molar-refractivity contribution >= 4 is 29.7 Å². The highest BCUT2D eigenvalue weighted by atomic mass is 16.5. The molecule has 1 aromatic carbocycles. The lowest BCUT2D eigenvalue weighted by molar-refractivity contribution is -0.114. The molecule has 0 bridgehead atoms. The van der Waals surface area contributed by atoms with Gasteiger partial charge in [-0.05, 0) is 30.3 Å². The van der Waals surface area contributed by atoms with Crippen LogP contribution in [-0.2, 0) is 9.53 Å². The smallest absolute Gasteiger partial charge is 0.225 e. The van der Waals surface area contributed by atoms with Gasteiger partial charge in [0.15, 0.2) is 6.40 Å². The molecule has 136 valence electrons. The molecule has 0 fully saturated rings. The van der Waals surface area contributed by atoms with Gasteiger partial charge in [0.25, 0.3) is 0 Å². The molecule has 0 aliphatic carbocycles. The Morgan fingerprint density at radius 1 is 1.30 bits per heavy atom. The zero-order valence-electron chi connectivity index (χ0n) is 14.4. The second-order valence-corrected chi connectivity index (χ2v) is 5.62. The molecule has 27 heavy (non-hydrogen) atoms. The minimum absolute atomic E-state index is 0.0803. The number of hydrogen-bond acceptors (Lipinski definition) is 7. The molecular weight excluding hydrogens is 346 g/mol. The van der Waals surface area contributed by atoms with E-state index >= 15 is 0 Å². The molecule has 0 aliphatic rings. The van der Waals surface area contributed by atoms with E-state index in [-0.39, 0.29) is 23.2 Å². The molecule has 0 atom stereocenters. The average Bonchev–Trinajstić information content (AvgIpc) is 3.16. The van der Waals surface area contributed by atoms with Gasteiger partial charge in [-0.2, -0.15) is 0 Å².